The van der Waals surface area contributed by atoms with Crippen LogP contribution in [0, 0.1) is 6.92 Å². The number of hydrogen-bond donors (Lipinski definition) is 0. The van der Waals surface area contributed by atoms with Crippen molar-refractivity contribution >= 4 is 16.7 Å². The maximum absolute atomic E-state index is 5.53. The number of morpholine rings is 1. The van der Waals surface area contributed by atoms with Crippen LogP contribution in [0.5, 0.6) is 0 Å². The number of ether oxygens (including phenoxy) is 1. The van der Waals surface area contributed by atoms with Crippen molar-refractivity contribution < 1.29 is 4.74 Å². The Morgan fingerprint density at radius 2 is 1.93 bits per heavy atom. The van der Waals surface area contributed by atoms with E-state index in [0.717, 1.165) is 57.9 Å². The van der Waals surface area contributed by atoms with E-state index >= 15 is 0 Å². The summed E-state index contributed by atoms with van der Waals surface area (Å²) in [7, 11) is 2.13. The molecule has 5 heteroatoms. The Kier molecular flexibility index (Phi) is 4.57. The first-order chi connectivity index (χ1) is 13.7. The first-order valence-corrected chi connectivity index (χ1v) is 10.3. The van der Waals surface area contributed by atoms with Gasteiger partial charge in [-0.1, -0.05) is 18.2 Å². The number of imidazole rings is 1. The van der Waals surface area contributed by atoms with Crippen molar-refractivity contribution in [2.75, 3.05) is 37.7 Å². The second-order valence-electron chi connectivity index (χ2n) is 8.05. The lowest BCUT2D eigenvalue weighted by atomic mass is 10.1. The molecule has 2 aliphatic rings. The minimum atomic E-state index is 0.833. The van der Waals surface area contributed by atoms with Gasteiger partial charge in [0.25, 0.3) is 0 Å². The van der Waals surface area contributed by atoms with Crippen LogP contribution < -0.4 is 4.90 Å². The molecule has 0 unspecified atom stereocenters. The minimum Gasteiger partial charge on any atom is -0.378 e. The summed E-state index contributed by atoms with van der Waals surface area (Å²) in [5.74, 6) is 1.17. The number of benzene rings is 2. The SMILES string of the molecule is Cc1ccc2c(c1)nc(CCN1Cc3cccc(N4CCOCC4)c3C1)n2C. The molecule has 0 saturated carbocycles. The molecule has 1 aromatic heterocycles. The Morgan fingerprint density at radius 1 is 1.07 bits per heavy atom. The van der Waals surface area contributed by atoms with Crippen LogP contribution in [0.1, 0.15) is 22.5 Å². The Balaban J connectivity index is 1.30. The summed E-state index contributed by atoms with van der Waals surface area (Å²) in [4.78, 5) is 9.93. The maximum Gasteiger partial charge on any atom is 0.110 e. The number of hydrogen-bond acceptors (Lipinski definition) is 4. The molecule has 0 spiro atoms. The van der Waals surface area contributed by atoms with Gasteiger partial charge in [-0.05, 0) is 41.8 Å². The van der Waals surface area contributed by atoms with Crippen molar-refractivity contribution in [3.63, 3.8) is 0 Å². The predicted molar refractivity (Wildman–Crippen MR) is 113 cm³/mol. The minimum absolute atomic E-state index is 0.833. The molecular weight excluding hydrogens is 348 g/mol. The number of nitrogens with zero attached hydrogens (tertiary/aromatic N) is 4. The van der Waals surface area contributed by atoms with E-state index in [1.165, 1.54) is 33.7 Å². The second kappa shape index (κ2) is 7.22. The lowest BCUT2D eigenvalue weighted by molar-refractivity contribution is 0.122. The summed E-state index contributed by atoms with van der Waals surface area (Å²) in [6.07, 6.45) is 0.977. The molecule has 5 rings (SSSR count). The fraction of sp³-hybridized carbons (Fsp3) is 0.435. The van der Waals surface area contributed by atoms with Crippen LogP contribution in [0.3, 0.4) is 0 Å². The first kappa shape index (κ1) is 17.7. The van der Waals surface area contributed by atoms with Gasteiger partial charge in [-0.3, -0.25) is 4.90 Å². The molecule has 0 N–H and O–H groups in total. The maximum atomic E-state index is 5.53. The van der Waals surface area contributed by atoms with Gasteiger partial charge < -0.3 is 14.2 Å². The molecular formula is C23H28N4O. The highest BCUT2D eigenvalue weighted by molar-refractivity contribution is 5.76. The van der Waals surface area contributed by atoms with Crippen LogP contribution in [-0.4, -0.2) is 47.3 Å². The summed E-state index contributed by atoms with van der Waals surface area (Å²) in [5.41, 5.74) is 7.98. The number of aromatic nitrogens is 2. The Hall–Kier alpha value is -2.37. The van der Waals surface area contributed by atoms with Crippen LogP contribution in [0.2, 0.25) is 0 Å². The van der Waals surface area contributed by atoms with Crippen molar-refractivity contribution in [2.24, 2.45) is 7.05 Å². The van der Waals surface area contributed by atoms with Crippen LogP contribution in [0.4, 0.5) is 5.69 Å². The highest BCUT2D eigenvalue weighted by Crippen LogP contribution is 2.32. The van der Waals surface area contributed by atoms with Crippen molar-refractivity contribution in [1.29, 1.82) is 0 Å². The van der Waals surface area contributed by atoms with Gasteiger partial charge in [0.2, 0.25) is 0 Å². The number of anilines is 1. The van der Waals surface area contributed by atoms with Gasteiger partial charge in [0, 0.05) is 51.9 Å². The zero-order valence-corrected chi connectivity index (χ0v) is 16.8. The molecule has 0 atom stereocenters. The van der Waals surface area contributed by atoms with E-state index in [2.05, 4.69) is 64.7 Å². The quantitative estimate of drug-likeness (QED) is 0.700. The molecule has 1 saturated heterocycles. The van der Waals surface area contributed by atoms with E-state index in [0.29, 0.717) is 0 Å². The van der Waals surface area contributed by atoms with Gasteiger partial charge in [-0.25, -0.2) is 4.98 Å². The molecule has 5 nitrogen and oxygen atoms in total. The average molecular weight is 377 g/mol. The lowest BCUT2D eigenvalue weighted by Crippen LogP contribution is -2.36. The fourth-order valence-corrected chi connectivity index (χ4v) is 4.57. The van der Waals surface area contributed by atoms with E-state index in [9.17, 15) is 0 Å². The van der Waals surface area contributed by atoms with Crippen molar-refractivity contribution in [3.8, 4) is 0 Å². The topological polar surface area (TPSA) is 33.5 Å². The van der Waals surface area contributed by atoms with Crippen LogP contribution >= 0.6 is 0 Å². The highest BCUT2D eigenvalue weighted by atomic mass is 16.5. The second-order valence-corrected chi connectivity index (χ2v) is 8.05. The monoisotopic (exact) mass is 376 g/mol. The number of fused-ring (bicyclic) bond motifs is 2. The zero-order valence-electron chi connectivity index (χ0n) is 16.8. The standard InChI is InChI=1S/C23H28N4O/c1-17-6-7-22-20(14-17)24-23(25(22)2)8-9-26-15-18-4-3-5-21(19(18)16-26)27-10-12-28-13-11-27/h3-7,14H,8-13,15-16H2,1-2H3. The molecule has 146 valence electrons. The molecule has 0 radical (unpaired) electrons. The fourth-order valence-electron chi connectivity index (χ4n) is 4.57. The third kappa shape index (κ3) is 3.19. The first-order valence-electron chi connectivity index (χ1n) is 10.3. The summed E-state index contributed by atoms with van der Waals surface area (Å²) in [6, 6.07) is 13.3. The Morgan fingerprint density at radius 3 is 2.79 bits per heavy atom. The van der Waals surface area contributed by atoms with E-state index in [1.807, 2.05) is 0 Å². The van der Waals surface area contributed by atoms with Crippen LogP contribution in [0.15, 0.2) is 36.4 Å². The lowest BCUT2D eigenvalue weighted by Gasteiger charge is -2.30. The molecule has 0 aliphatic carbocycles. The summed E-state index contributed by atoms with van der Waals surface area (Å²) >= 11 is 0. The molecule has 3 heterocycles. The van der Waals surface area contributed by atoms with Gasteiger partial charge >= 0.3 is 0 Å². The van der Waals surface area contributed by atoms with Gasteiger partial charge in [-0.2, -0.15) is 0 Å². The van der Waals surface area contributed by atoms with Gasteiger partial charge in [0.15, 0.2) is 0 Å². The number of aryl methyl sites for hydroxylation is 2. The molecule has 28 heavy (non-hydrogen) atoms. The van der Waals surface area contributed by atoms with Crippen molar-refractivity contribution in [3.05, 3.63) is 58.9 Å². The normalized spacial score (nSPS) is 17.4. The molecule has 3 aromatic rings. The van der Waals surface area contributed by atoms with E-state index in [4.69, 9.17) is 9.72 Å². The molecule has 2 aromatic carbocycles. The number of rotatable bonds is 4. The summed E-state index contributed by atoms with van der Waals surface area (Å²) in [6.45, 7) is 8.89. The Labute approximate surface area is 166 Å². The smallest absolute Gasteiger partial charge is 0.110 e. The third-order valence-electron chi connectivity index (χ3n) is 6.16. The largest absolute Gasteiger partial charge is 0.378 e. The van der Waals surface area contributed by atoms with Crippen molar-refractivity contribution in [1.82, 2.24) is 14.5 Å². The molecule has 2 aliphatic heterocycles. The van der Waals surface area contributed by atoms with Crippen molar-refractivity contribution in [2.45, 2.75) is 26.4 Å². The summed E-state index contributed by atoms with van der Waals surface area (Å²) < 4.78 is 7.78. The van der Waals surface area contributed by atoms with Gasteiger partial charge in [-0.15, -0.1) is 0 Å². The predicted octanol–water partition coefficient (Wildman–Crippen LogP) is 3.28. The average Bonchev–Trinajstić information content (AvgIpc) is 3.27. The third-order valence-corrected chi connectivity index (χ3v) is 6.16. The van der Waals surface area contributed by atoms with Gasteiger partial charge in [0.05, 0.1) is 24.2 Å². The van der Waals surface area contributed by atoms with Crippen LogP contribution in [-0.2, 0) is 31.3 Å². The van der Waals surface area contributed by atoms with Crippen LogP contribution in [0.25, 0.3) is 11.0 Å². The zero-order chi connectivity index (χ0) is 19.1. The Bertz CT molecular complexity index is 1000. The van der Waals surface area contributed by atoms with E-state index < -0.39 is 0 Å². The van der Waals surface area contributed by atoms with E-state index in [1.54, 1.807) is 0 Å². The highest BCUT2D eigenvalue weighted by Gasteiger charge is 2.24. The molecule has 0 bridgehead atoms. The summed E-state index contributed by atoms with van der Waals surface area (Å²) in [5, 5.41) is 0. The molecule has 0 amide bonds. The molecule has 1 fully saturated rings. The van der Waals surface area contributed by atoms with E-state index in [-0.39, 0.29) is 0 Å². The van der Waals surface area contributed by atoms with Gasteiger partial charge in [0.1, 0.15) is 5.82 Å².